The Morgan fingerprint density at radius 1 is 1.21 bits per heavy atom. The van der Waals surface area contributed by atoms with Crippen molar-refractivity contribution in [2.45, 2.75) is 6.92 Å². The quantitative estimate of drug-likeness (QED) is 0.917. The first-order valence-electron chi connectivity index (χ1n) is 6.16. The molecule has 0 radical (unpaired) electrons. The summed E-state index contributed by atoms with van der Waals surface area (Å²) < 4.78 is 13.8. The van der Waals surface area contributed by atoms with Gasteiger partial charge in [-0.1, -0.05) is 12.1 Å². The van der Waals surface area contributed by atoms with E-state index in [1.54, 1.807) is 0 Å². The van der Waals surface area contributed by atoms with Crippen molar-refractivity contribution in [1.29, 1.82) is 0 Å². The van der Waals surface area contributed by atoms with Crippen molar-refractivity contribution in [3.8, 4) is 11.3 Å². The highest BCUT2D eigenvalue weighted by Crippen LogP contribution is 2.23. The summed E-state index contributed by atoms with van der Waals surface area (Å²) in [4.78, 5) is 10.1. The maximum atomic E-state index is 13.8. The molecular formula is C14H17FN4. The van der Waals surface area contributed by atoms with Crippen LogP contribution in [0.1, 0.15) is 6.92 Å². The first-order valence-corrected chi connectivity index (χ1v) is 6.16. The van der Waals surface area contributed by atoms with E-state index >= 15 is 0 Å². The van der Waals surface area contributed by atoms with Gasteiger partial charge in [0.15, 0.2) is 5.82 Å². The largest absolute Gasteiger partial charge is 0.378 e. The second-order valence-electron chi connectivity index (χ2n) is 4.36. The van der Waals surface area contributed by atoms with Crippen molar-refractivity contribution in [3.05, 3.63) is 36.3 Å². The molecule has 1 heterocycles. The fraction of sp³-hybridized carbons (Fsp3) is 0.286. The zero-order chi connectivity index (χ0) is 13.8. The molecule has 100 valence electrons. The molecule has 4 nitrogen and oxygen atoms in total. The minimum atomic E-state index is -0.417. The number of halogens is 1. The Kier molecular flexibility index (Phi) is 3.94. The number of benzene rings is 1. The monoisotopic (exact) mass is 260 g/mol. The van der Waals surface area contributed by atoms with Gasteiger partial charge in [-0.25, -0.2) is 14.4 Å². The Morgan fingerprint density at radius 2 is 1.89 bits per heavy atom. The lowest BCUT2D eigenvalue weighted by Gasteiger charge is -2.13. The van der Waals surface area contributed by atoms with E-state index < -0.39 is 5.82 Å². The zero-order valence-corrected chi connectivity index (χ0v) is 11.3. The van der Waals surface area contributed by atoms with Crippen molar-refractivity contribution in [3.63, 3.8) is 0 Å². The third-order valence-corrected chi connectivity index (χ3v) is 2.74. The van der Waals surface area contributed by atoms with Crippen LogP contribution in [0.25, 0.3) is 11.3 Å². The summed E-state index contributed by atoms with van der Waals surface area (Å²) in [5.74, 6) is 0.0230. The van der Waals surface area contributed by atoms with Crippen LogP contribution in [0.4, 0.5) is 16.0 Å². The van der Waals surface area contributed by atoms with Gasteiger partial charge in [0.2, 0.25) is 5.95 Å². The topological polar surface area (TPSA) is 41.1 Å². The van der Waals surface area contributed by atoms with Gasteiger partial charge in [0.25, 0.3) is 0 Å². The van der Waals surface area contributed by atoms with Crippen molar-refractivity contribution < 1.29 is 4.39 Å². The lowest BCUT2D eigenvalue weighted by atomic mass is 10.1. The van der Waals surface area contributed by atoms with Gasteiger partial charge in [-0.15, -0.1) is 0 Å². The molecule has 2 rings (SSSR count). The molecular weight excluding hydrogens is 243 g/mol. The molecule has 2 aromatic rings. The van der Waals surface area contributed by atoms with Crippen LogP contribution in [0.2, 0.25) is 0 Å². The highest BCUT2D eigenvalue weighted by molar-refractivity contribution is 5.64. The highest BCUT2D eigenvalue weighted by atomic mass is 19.1. The summed E-state index contributed by atoms with van der Waals surface area (Å²) in [5.41, 5.74) is 2.12. The molecule has 0 fully saturated rings. The minimum absolute atomic E-state index is 0.316. The van der Waals surface area contributed by atoms with Gasteiger partial charge in [0.1, 0.15) is 5.69 Å². The number of rotatable bonds is 4. The number of hydrogen-bond acceptors (Lipinski definition) is 4. The molecule has 1 aromatic heterocycles. The Bertz CT molecular complexity index is 552. The van der Waals surface area contributed by atoms with Crippen LogP contribution in [0.3, 0.4) is 0 Å². The molecule has 19 heavy (non-hydrogen) atoms. The highest BCUT2D eigenvalue weighted by Gasteiger charge is 2.09. The lowest BCUT2D eigenvalue weighted by molar-refractivity contribution is 0.618. The predicted octanol–water partition coefficient (Wildman–Crippen LogP) is 2.78. The molecule has 0 saturated heterocycles. The number of hydrogen-bond donors (Lipinski definition) is 1. The van der Waals surface area contributed by atoms with E-state index in [2.05, 4.69) is 15.3 Å². The summed E-state index contributed by atoms with van der Waals surface area (Å²) in [7, 11) is 3.92. The smallest absolute Gasteiger partial charge is 0.223 e. The molecule has 5 heteroatoms. The molecule has 0 saturated carbocycles. The van der Waals surface area contributed by atoms with E-state index in [1.165, 1.54) is 6.20 Å². The average molecular weight is 260 g/mol. The summed E-state index contributed by atoms with van der Waals surface area (Å²) in [6, 6.07) is 7.58. The molecule has 0 aliphatic heterocycles. The maximum Gasteiger partial charge on any atom is 0.223 e. The van der Waals surface area contributed by atoms with E-state index in [0.29, 0.717) is 18.2 Å². The van der Waals surface area contributed by atoms with E-state index in [4.69, 9.17) is 0 Å². The third-order valence-electron chi connectivity index (χ3n) is 2.74. The average Bonchev–Trinajstić information content (AvgIpc) is 2.41. The normalized spacial score (nSPS) is 10.3. The Labute approximate surface area is 112 Å². The lowest BCUT2D eigenvalue weighted by Crippen LogP contribution is -2.08. The van der Waals surface area contributed by atoms with Crippen molar-refractivity contribution >= 4 is 11.6 Å². The van der Waals surface area contributed by atoms with Gasteiger partial charge in [0.05, 0.1) is 6.20 Å². The maximum absolute atomic E-state index is 13.8. The second-order valence-corrected chi connectivity index (χ2v) is 4.36. The molecule has 0 spiro atoms. The van der Waals surface area contributed by atoms with E-state index in [-0.39, 0.29) is 0 Å². The van der Waals surface area contributed by atoms with Crippen LogP contribution in [0.5, 0.6) is 0 Å². The standard InChI is InChI=1S/C14H17FN4/c1-4-16-14-17-9-12(15)13(18-14)10-5-7-11(8-6-10)19(2)3/h5-9H,4H2,1-3H3,(H,16,17,18). The van der Waals surface area contributed by atoms with Crippen molar-refractivity contribution in [2.24, 2.45) is 0 Å². The molecule has 0 atom stereocenters. The van der Waals surface area contributed by atoms with E-state index in [1.807, 2.05) is 50.2 Å². The number of aromatic nitrogens is 2. The first kappa shape index (κ1) is 13.3. The molecule has 0 aliphatic carbocycles. The van der Waals surface area contributed by atoms with Gasteiger partial charge < -0.3 is 10.2 Å². The molecule has 0 bridgehead atoms. The van der Waals surface area contributed by atoms with Gasteiger partial charge in [-0.05, 0) is 19.1 Å². The molecule has 0 amide bonds. The van der Waals surface area contributed by atoms with Crippen LogP contribution in [-0.2, 0) is 0 Å². The number of nitrogens with zero attached hydrogens (tertiary/aromatic N) is 3. The minimum Gasteiger partial charge on any atom is -0.378 e. The predicted molar refractivity (Wildman–Crippen MR) is 75.9 cm³/mol. The Morgan fingerprint density at radius 3 is 2.47 bits per heavy atom. The SMILES string of the molecule is CCNc1ncc(F)c(-c2ccc(N(C)C)cc2)n1. The summed E-state index contributed by atoms with van der Waals surface area (Å²) in [6.45, 7) is 2.64. The number of nitrogens with one attached hydrogen (secondary N) is 1. The molecule has 1 N–H and O–H groups in total. The summed E-state index contributed by atoms with van der Waals surface area (Å²) >= 11 is 0. The Hall–Kier alpha value is -2.17. The summed E-state index contributed by atoms with van der Waals surface area (Å²) in [6.07, 6.45) is 1.19. The van der Waals surface area contributed by atoms with Gasteiger partial charge >= 0.3 is 0 Å². The van der Waals surface area contributed by atoms with Gasteiger partial charge in [-0.2, -0.15) is 0 Å². The van der Waals surface area contributed by atoms with Gasteiger partial charge in [-0.3, -0.25) is 0 Å². The van der Waals surface area contributed by atoms with E-state index in [0.717, 1.165) is 11.3 Å². The van der Waals surface area contributed by atoms with Crippen molar-refractivity contribution in [2.75, 3.05) is 30.9 Å². The number of anilines is 2. The van der Waals surface area contributed by atoms with Crippen molar-refractivity contribution in [1.82, 2.24) is 9.97 Å². The molecule has 1 aromatic carbocycles. The third kappa shape index (κ3) is 2.99. The van der Waals surface area contributed by atoms with Crippen LogP contribution < -0.4 is 10.2 Å². The molecule has 0 aliphatic rings. The van der Waals surface area contributed by atoms with Gasteiger partial charge in [0, 0.05) is 31.9 Å². The summed E-state index contributed by atoms with van der Waals surface area (Å²) in [5, 5.41) is 2.98. The fourth-order valence-corrected chi connectivity index (χ4v) is 1.73. The first-order chi connectivity index (χ1) is 9.11. The van der Waals surface area contributed by atoms with Crippen LogP contribution in [-0.4, -0.2) is 30.6 Å². The fourth-order valence-electron chi connectivity index (χ4n) is 1.73. The molecule has 0 unspecified atom stereocenters. The van der Waals surface area contributed by atoms with Crippen LogP contribution in [0.15, 0.2) is 30.5 Å². The van der Waals surface area contributed by atoms with Crippen LogP contribution >= 0.6 is 0 Å². The Balaban J connectivity index is 2.37. The van der Waals surface area contributed by atoms with Crippen LogP contribution in [0, 0.1) is 5.82 Å². The zero-order valence-electron chi connectivity index (χ0n) is 11.3. The second kappa shape index (κ2) is 5.65. The van der Waals surface area contributed by atoms with E-state index in [9.17, 15) is 4.39 Å².